The maximum atomic E-state index is 13.7. The first kappa shape index (κ1) is 40.2. The first-order valence-electron chi connectivity index (χ1n) is 20.3. The molecule has 2 heterocycles. The van der Waals surface area contributed by atoms with Crippen molar-refractivity contribution in [3.63, 3.8) is 0 Å². The van der Waals surface area contributed by atoms with Crippen molar-refractivity contribution in [1.82, 2.24) is 9.80 Å². The molecule has 2 aliphatic heterocycles. The number of nitrogens with zero attached hydrogens (tertiary/aromatic N) is 2. The Balaban J connectivity index is 0.860. The van der Waals surface area contributed by atoms with E-state index in [0.717, 1.165) is 32.7 Å². The summed E-state index contributed by atoms with van der Waals surface area (Å²) < 4.78 is 36.7. The molecule has 0 N–H and O–H groups in total. The summed E-state index contributed by atoms with van der Waals surface area (Å²) in [7, 11) is 0. The molecule has 4 atom stereocenters. The van der Waals surface area contributed by atoms with Gasteiger partial charge in [0.2, 0.25) is 12.2 Å². The number of amides is 2. The summed E-state index contributed by atoms with van der Waals surface area (Å²) in [5, 5.41) is 4.26. The van der Waals surface area contributed by atoms with Crippen molar-refractivity contribution in [2.24, 2.45) is 0 Å². The van der Waals surface area contributed by atoms with Gasteiger partial charge in [0.25, 0.3) is 11.8 Å². The molecule has 2 amide bonds. The largest absolute Gasteiger partial charge is 0.489 e. The van der Waals surface area contributed by atoms with Crippen molar-refractivity contribution < 1.29 is 38.0 Å². The lowest BCUT2D eigenvalue weighted by Crippen LogP contribution is -2.62. The molecule has 10 heteroatoms. The van der Waals surface area contributed by atoms with Crippen LogP contribution >= 0.6 is 0 Å². The van der Waals surface area contributed by atoms with E-state index in [2.05, 4.69) is 13.2 Å². The standard InChI is InChI=1S/C50H48N2O8/c1-3-27-57-43-19-11-9-17-41(43)45-47(59-39-23-21-35-13-5-7-15-37(35)33-39)49(53)51(45)25-29-55-31-32-56-30-26-52-46(42-18-10-12-20-44(42)58-28-4-2)48(50(52)54)60-40-24-22-36-14-6-8-16-38(36)34-40/h3-24,33-34,45-48H,1-2,25-32H2/t45-,46?,47+,48?/m0/s1. The van der Waals surface area contributed by atoms with E-state index in [0.29, 0.717) is 75.7 Å². The Morgan fingerprint density at radius 2 is 0.883 bits per heavy atom. The van der Waals surface area contributed by atoms with Gasteiger partial charge in [-0.3, -0.25) is 9.59 Å². The minimum Gasteiger partial charge on any atom is -0.489 e. The van der Waals surface area contributed by atoms with Crippen molar-refractivity contribution in [2.45, 2.75) is 24.3 Å². The average molecular weight is 805 g/mol. The summed E-state index contributed by atoms with van der Waals surface area (Å²) in [5.41, 5.74) is 1.71. The Morgan fingerprint density at radius 1 is 0.483 bits per heavy atom. The summed E-state index contributed by atoms with van der Waals surface area (Å²) >= 11 is 0. The zero-order chi connectivity index (χ0) is 41.3. The molecule has 10 nitrogen and oxygen atoms in total. The normalized spacial score (nSPS) is 18.5. The van der Waals surface area contributed by atoms with Gasteiger partial charge in [-0.05, 0) is 57.9 Å². The van der Waals surface area contributed by atoms with E-state index < -0.39 is 12.2 Å². The van der Waals surface area contributed by atoms with E-state index in [1.165, 1.54) is 0 Å². The predicted molar refractivity (Wildman–Crippen MR) is 232 cm³/mol. The molecular formula is C50H48N2O8. The van der Waals surface area contributed by atoms with Gasteiger partial charge in [-0.2, -0.15) is 0 Å². The van der Waals surface area contributed by atoms with Crippen molar-refractivity contribution in [2.75, 3.05) is 52.7 Å². The number of ether oxygens (including phenoxy) is 6. The van der Waals surface area contributed by atoms with Crippen LogP contribution in [-0.4, -0.2) is 86.6 Å². The summed E-state index contributed by atoms with van der Waals surface area (Å²) in [6.45, 7) is 10.2. The molecule has 8 rings (SSSR count). The van der Waals surface area contributed by atoms with Gasteiger partial charge in [0.05, 0.1) is 26.4 Å². The van der Waals surface area contributed by atoms with Crippen LogP contribution < -0.4 is 18.9 Å². The summed E-state index contributed by atoms with van der Waals surface area (Å²) in [4.78, 5) is 30.9. The highest BCUT2D eigenvalue weighted by atomic mass is 16.5. The number of likely N-dealkylation sites (tertiary alicyclic amines) is 2. The minimum atomic E-state index is -0.728. The monoisotopic (exact) mass is 804 g/mol. The quantitative estimate of drug-likeness (QED) is 0.0406. The molecule has 306 valence electrons. The lowest BCUT2D eigenvalue weighted by molar-refractivity contribution is -0.166. The molecule has 0 aromatic heterocycles. The number of hydrogen-bond acceptors (Lipinski definition) is 8. The van der Waals surface area contributed by atoms with Crippen LogP contribution in [0, 0.1) is 0 Å². The van der Waals surface area contributed by atoms with E-state index in [1.54, 1.807) is 22.0 Å². The Kier molecular flexibility index (Phi) is 12.7. The zero-order valence-corrected chi connectivity index (χ0v) is 33.4. The molecule has 0 aliphatic carbocycles. The van der Waals surface area contributed by atoms with E-state index in [-0.39, 0.29) is 23.9 Å². The highest BCUT2D eigenvalue weighted by molar-refractivity contribution is 5.91. The van der Waals surface area contributed by atoms with Gasteiger partial charge in [0, 0.05) is 24.2 Å². The Bertz CT molecular complexity index is 2300. The zero-order valence-electron chi connectivity index (χ0n) is 33.4. The van der Waals surface area contributed by atoms with Crippen LogP contribution in [0.1, 0.15) is 23.2 Å². The summed E-state index contributed by atoms with van der Waals surface area (Å²) in [6.07, 6.45) is 1.93. The molecular weight excluding hydrogens is 757 g/mol. The average Bonchev–Trinajstić information content (AvgIpc) is 3.29. The second-order valence-electron chi connectivity index (χ2n) is 14.5. The molecule has 2 aliphatic rings. The number of para-hydroxylation sites is 2. The number of β-lactam (4-membered cyclic amide) rings is 2. The molecule has 0 spiro atoms. The second kappa shape index (κ2) is 19.0. The molecule has 6 aromatic carbocycles. The number of rotatable bonds is 21. The van der Waals surface area contributed by atoms with Crippen molar-refractivity contribution in [1.29, 1.82) is 0 Å². The molecule has 0 saturated carbocycles. The predicted octanol–water partition coefficient (Wildman–Crippen LogP) is 8.52. The van der Waals surface area contributed by atoms with Crippen LogP contribution in [-0.2, 0) is 19.1 Å². The Labute approximate surface area is 350 Å². The lowest BCUT2D eigenvalue weighted by atomic mass is 9.89. The minimum absolute atomic E-state index is 0.125. The van der Waals surface area contributed by atoms with Crippen molar-refractivity contribution in [3.05, 3.63) is 170 Å². The number of carbonyl (C=O) groups is 2. The molecule has 2 fully saturated rings. The van der Waals surface area contributed by atoms with Gasteiger partial charge in [-0.15, -0.1) is 0 Å². The third-order valence-electron chi connectivity index (χ3n) is 10.8. The van der Waals surface area contributed by atoms with Crippen LogP contribution in [0.5, 0.6) is 23.0 Å². The topological polar surface area (TPSA) is 96.0 Å². The number of benzene rings is 6. The van der Waals surface area contributed by atoms with Crippen molar-refractivity contribution in [3.8, 4) is 23.0 Å². The Morgan fingerprint density at radius 3 is 1.32 bits per heavy atom. The summed E-state index contributed by atoms with van der Waals surface area (Å²) in [6, 6.07) is 42.4. The molecule has 6 aromatic rings. The van der Waals surface area contributed by atoms with Crippen LogP contribution in [0.15, 0.2) is 159 Å². The van der Waals surface area contributed by atoms with Gasteiger partial charge in [0.1, 0.15) is 48.3 Å². The summed E-state index contributed by atoms with van der Waals surface area (Å²) in [5.74, 6) is 2.34. The van der Waals surface area contributed by atoms with Crippen molar-refractivity contribution >= 4 is 33.4 Å². The van der Waals surface area contributed by atoms with Gasteiger partial charge in [-0.1, -0.05) is 122 Å². The number of fused-ring (bicyclic) bond motifs is 2. The van der Waals surface area contributed by atoms with Gasteiger partial charge < -0.3 is 38.2 Å². The first-order chi connectivity index (χ1) is 29.5. The number of hydrogen-bond donors (Lipinski definition) is 0. The van der Waals surface area contributed by atoms with Gasteiger partial charge in [-0.25, -0.2) is 0 Å². The number of carbonyl (C=O) groups excluding carboxylic acids is 2. The third kappa shape index (κ3) is 8.71. The maximum Gasteiger partial charge on any atom is 0.266 e. The molecule has 60 heavy (non-hydrogen) atoms. The van der Waals surface area contributed by atoms with E-state index in [9.17, 15) is 9.59 Å². The third-order valence-corrected chi connectivity index (χ3v) is 10.8. The van der Waals surface area contributed by atoms with Gasteiger partial charge in [0.15, 0.2) is 0 Å². The highest BCUT2D eigenvalue weighted by Gasteiger charge is 2.52. The molecule has 2 saturated heterocycles. The van der Waals surface area contributed by atoms with Crippen LogP contribution in [0.2, 0.25) is 0 Å². The SMILES string of the molecule is C=CCOc1ccccc1C1C(Oc2ccc3ccccc3c2)C(=O)N1CCOCCOCCN1C(=O)[C@H](Oc2ccc3ccccc3c2)[C@@H]1c1ccccc1OCC=C. The van der Waals surface area contributed by atoms with Crippen LogP contribution in [0.3, 0.4) is 0 Å². The second-order valence-corrected chi connectivity index (χ2v) is 14.5. The van der Waals surface area contributed by atoms with E-state index in [1.807, 2.05) is 133 Å². The molecule has 2 unspecified atom stereocenters. The lowest BCUT2D eigenvalue weighted by Gasteiger charge is -2.47. The fourth-order valence-electron chi connectivity index (χ4n) is 7.86. The smallest absolute Gasteiger partial charge is 0.266 e. The van der Waals surface area contributed by atoms with E-state index in [4.69, 9.17) is 28.4 Å². The fraction of sp³-hybridized carbons (Fsp3) is 0.240. The first-order valence-corrected chi connectivity index (χ1v) is 20.3. The van der Waals surface area contributed by atoms with Crippen LogP contribution in [0.4, 0.5) is 0 Å². The highest BCUT2D eigenvalue weighted by Crippen LogP contribution is 2.43. The Hall–Kier alpha value is -6.62. The fourth-order valence-corrected chi connectivity index (χ4v) is 7.86. The molecule has 0 bridgehead atoms. The van der Waals surface area contributed by atoms with E-state index >= 15 is 0 Å². The van der Waals surface area contributed by atoms with Crippen LogP contribution in [0.25, 0.3) is 21.5 Å². The molecule has 0 radical (unpaired) electrons. The maximum absolute atomic E-state index is 13.7. The van der Waals surface area contributed by atoms with Gasteiger partial charge >= 0.3 is 0 Å².